The first-order valence-electron chi connectivity index (χ1n) is 7.58. The first kappa shape index (κ1) is 15.6. The summed E-state index contributed by atoms with van der Waals surface area (Å²) < 4.78 is 0. The maximum atomic E-state index is 12.2. The number of nitrogens with two attached hydrogens (primary N) is 1. The Morgan fingerprint density at radius 3 is 2.67 bits per heavy atom. The monoisotopic (exact) mass is 290 g/mol. The number of hydrogen-bond donors (Lipinski definition) is 2. The highest BCUT2D eigenvalue weighted by Crippen LogP contribution is 2.21. The fourth-order valence-electron chi connectivity index (χ4n) is 2.70. The number of amides is 1. The van der Waals surface area contributed by atoms with Gasteiger partial charge in [-0.3, -0.25) is 9.69 Å². The lowest BCUT2D eigenvalue weighted by Gasteiger charge is -2.25. The Balaban J connectivity index is 2.07. The molecule has 1 unspecified atom stereocenters. The summed E-state index contributed by atoms with van der Waals surface area (Å²) in [6.45, 7) is 5.38. The summed E-state index contributed by atoms with van der Waals surface area (Å²) in [5.41, 5.74) is 8.01. The molecule has 1 atom stereocenters. The molecule has 1 heterocycles. The molecule has 0 spiro atoms. The van der Waals surface area contributed by atoms with Gasteiger partial charge in [-0.1, -0.05) is 0 Å². The van der Waals surface area contributed by atoms with Gasteiger partial charge in [0.15, 0.2) is 0 Å². The van der Waals surface area contributed by atoms with Crippen LogP contribution in [0.25, 0.3) is 0 Å². The number of likely N-dealkylation sites (tertiary alicyclic amines) is 1. The molecular weight excluding hydrogens is 264 g/mol. The molecule has 1 aromatic rings. The maximum absolute atomic E-state index is 12.2. The molecule has 0 radical (unpaired) electrons. The molecular formula is C16H26N4O. The zero-order valence-electron chi connectivity index (χ0n) is 13.2. The van der Waals surface area contributed by atoms with E-state index < -0.39 is 0 Å². The molecule has 5 nitrogen and oxygen atoms in total. The van der Waals surface area contributed by atoms with Crippen LogP contribution in [0.3, 0.4) is 0 Å². The van der Waals surface area contributed by atoms with Gasteiger partial charge in [0.05, 0.1) is 5.56 Å². The van der Waals surface area contributed by atoms with Crippen LogP contribution in [-0.4, -0.2) is 55.5 Å². The summed E-state index contributed by atoms with van der Waals surface area (Å²) in [5, 5.41) is 3.40. The van der Waals surface area contributed by atoms with Gasteiger partial charge in [0, 0.05) is 38.1 Å². The van der Waals surface area contributed by atoms with Crippen LogP contribution in [0.15, 0.2) is 18.2 Å². The fourth-order valence-corrected chi connectivity index (χ4v) is 2.70. The standard InChI is InChI=1S/C16H26N4O/c1-12(20-8-4-5-9-20)11-18-15-10-13(17)6-7-14(15)16(21)19(2)3/h6-7,10,12,18H,4-5,8-9,11,17H2,1-3H3. The first-order valence-corrected chi connectivity index (χ1v) is 7.58. The second-order valence-electron chi connectivity index (χ2n) is 5.98. The Labute approximate surface area is 127 Å². The van der Waals surface area contributed by atoms with E-state index in [2.05, 4.69) is 17.1 Å². The molecule has 1 aliphatic heterocycles. The number of nitrogen functional groups attached to an aromatic ring is 1. The number of hydrogen-bond acceptors (Lipinski definition) is 4. The molecule has 1 saturated heterocycles. The van der Waals surface area contributed by atoms with E-state index in [0.717, 1.165) is 12.2 Å². The van der Waals surface area contributed by atoms with Crippen molar-refractivity contribution in [3.05, 3.63) is 23.8 Å². The van der Waals surface area contributed by atoms with Crippen LogP contribution in [0.1, 0.15) is 30.1 Å². The normalized spacial score (nSPS) is 16.7. The van der Waals surface area contributed by atoms with Gasteiger partial charge in [-0.25, -0.2) is 0 Å². The molecule has 116 valence electrons. The minimum atomic E-state index is -0.00803. The second-order valence-corrected chi connectivity index (χ2v) is 5.98. The third-order valence-corrected chi connectivity index (χ3v) is 4.03. The number of carbonyl (C=O) groups excluding carboxylic acids is 1. The molecule has 0 bridgehead atoms. The molecule has 1 aromatic carbocycles. The second kappa shape index (κ2) is 6.80. The molecule has 1 fully saturated rings. The molecule has 5 heteroatoms. The van der Waals surface area contributed by atoms with Crippen molar-refractivity contribution in [3.8, 4) is 0 Å². The van der Waals surface area contributed by atoms with Crippen molar-refractivity contribution < 1.29 is 4.79 Å². The quantitative estimate of drug-likeness (QED) is 0.813. The van der Waals surface area contributed by atoms with E-state index in [1.54, 1.807) is 31.1 Å². The molecule has 1 aliphatic rings. The summed E-state index contributed by atoms with van der Waals surface area (Å²) >= 11 is 0. The van der Waals surface area contributed by atoms with Crippen LogP contribution < -0.4 is 11.1 Å². The van der Waals surface area contributed by atoms with Gasteiger partial charge in [-0.2, -0.15) is 0 Å². The van der Waals surface area contributed by atoms with E-state index in [-0.39, 0.29) is 5.91 Å². The summed E-state index contributed by atoms with van der Waals surface area (Å²) in [4.78, 5) is 16.3. The van der Waals surface area contributed by atoms with Crippen LogP contribution in [0.2, 0.25) is 0 Å². The van der Waals surface area contributed by atoms with Crippen LogP contribution in [0.4, 0.5) is 11.4 Å². The van der Waals surface area contributed by atoms with E-state index in [1.165, 1.54) is 25.9 Å². The van der Waals surface area contributed by atoms with Crippen molar-refractivity contribution in [1.29, 1.82) is 0 Å². The van der Waals surface area contributed by atoms with E-state index >= 15 is 0 Å². The van der Waals surface area contributed by atoms with Gasteiger partial charge in [0.25, 0.3) is 5.91 Å². The third-order valence-electron chi connectivity index (χ3n) is 4.03. The molecule has 0 saturated carbocycles. The maximum Gasteiger partial charge on any atom is 0.255 e. The minimum absolute atomic E-state index is 0.00803. The minimum Gasteiger partial charge on any atom is -0.399 e. The van der Waals surface area contributed by atoms with E-state index in [1.807, 2.05) is 6.07 Å². The number of benzene rings is 1. The smallest absolute Gasteiger partial charge is 0.255 e. The Hall–Kier alpha value is -1.75. The number of nitrogens with zero attached hydrogens (tertiary/aromatic N) is 2. The molecule has 2 rings (SSSR count). The van der Waals surface area contributed by atoms with Gasteiger partial charge in [-0.15, -0.1) is 0 Å². The summed E-state index contributed by atoms with van der Waals surface area (Å²) in [6, 6.07) is 5.86. The lowest BCUT2D eigenvalue weighted by Crippen LogP contribution is -2.36. The van der Waals surface area contributed by atoms with Crippen LogP contribution in [0, 0.1) is 0 Å². The Morgan fingerprint density at radius 2 is 2.05 bits per heavy atom. The van der Waals surface area contributed by atoms with E-state index in [9.17, 15) is 4.79 Å². The van der Waals surface area contributed by atoms with Gasteiger partial charge >= 0.3 is 0 Å². The summed E-state index contributed by atoms with van der Waals surface area (Å²) in [6.07, 6.45) is 2.57. The van der Waals surface area contributed by atoms with Crippen LogP contribution in [-0.2, 0) is 0 Å². The van der Waals surface area contributed by atoms with Crippen LogP contribution in [0.5, 0.6) is 0 Å². The van der Waals surface area contributed by atoms with Gasteiger partial charge in [-0.05, 0) is 51.1 Å². The molecule has 3 N–H and O–H groups in total. The van der Waals surface area contributed by atoms with Gasteiger partial charge in [0.1, 0.15) is 0 Å². The Morgan fingerprint density at radius 1 is 1.38 bits per heavy atom. The van der Waals surface area contributed by atoms with Crippen molar-refractivity contribution >= 4 is 17.3 Å². The van der Waals surface area contributed by atoms with Gasteiger partial charge in [0.2, 0.25) is 0 Å². The zero-order valence-corrected chi connectivity index (χ0v) is 13.2. The van der Waals surface area contributed by atoms with E-state index in [0.29, 0.717) is 17.3 Å². The Bertz CT molecular complexity index is 495. The van der Waals surface area contributed by atoms with Crippen molar-refractivity contribution in [2.75, 3.05) is 44.8 Å². The molecule has 21 heavy (non-hydrogen) atoms. The van der Waals surface area contributed by atoms with Gasteiger partial charge < -0.3 is 16.0 Å². The van der Waals surface area contributed by atoms with Crippen molar-refractivity contribution in [2.45, 2.75) is 25.8 Å². The fraction of sp³-hybridized carbons (Fsp3) is 0.562. The zero-order chi connectivity index (χ0) is 15.4. The number of rotatable bonds is 5. The lowest BCUT2D eigenvalue weighted by atomic mass is 10.1. The van der Waals surface area contributed by atoms with Crippen molar-refractivity contribution in [1.82, 2.24) is 9.80 Å². The highest BCUT2D eigenvalue weighted by Gasteiger charge is 2.19. The summed E-state index contributed by atoms with van der Waals surface area (Å²) in [5.74, 6) is -0.00803. The number of anilines is 2. The number of nitrogens with one attached hydrogen (secondary N) is 1. The highest BCUT2D eigenvalue weighted by atomic mass is 16.2. The topological polar surface area (TPSA) is 61.6 Å². The molecule has 1 amide bonds. The van der Waals surface area contributed by atoms with Crippen LogP contribution >= 0.6 is 0 Å². The third kappa shape index (κ3) is 3.88. The number of carbonyl (C=O) groups is 1. The molecule has 0 aromatic heterocycles. The SMILES string of the molecule is CC(CNc1cc(N)ccc1C(=O)N(C)C)N1CCCC1. The average molecular weight is 290 g/mol. The predicted molar refractivity (Wildman–Crippen MR) is 87.6 cm³/mol. The van der Waals surface area contributed by atoms with Crippen molar-refractivity contribution in [2.24, 2.45) is 0 Å². The highest BCUT2D eigenvalue weighted by molar-refractivity contribution is 6.00. The molecule has 0 aliphatic carbocycles. The van der Waals surface area contributed by atoms with Crippen molar-refractivity contribution in [3.63, 3.8) is 0 Å². The predicted octanol–water partition coefficient (Wildman–Crippen LogP) is 1.87. The summed E-state index contributed by atoms with van der Waals surface area (Å²) in [7, 11) is 3.52. The Kier molecular flexibility index (Phi) is 5.07. The first-order chi connectivity index (χ1) is 9.99. The lowest BCUT2D eigenvalue weighted by molar-refractivity contribution is 0.0828. The average Bonchev–Trinajstić information content (AvgIpc) is 2.98. The van der Waals surface area contributed by atoms with E-state index in [4.69, 9.17) is 5.73 Å². The largest absolute Gasteiger partial charge is 0.399 e.